The molecule has 0 spiro atoms. The van der Waals surface area contributed by atoms with E-state index in [0.717, 1.165) is 76.2 Å². The zero-order chi connectivity index (χ0) is 25.0. The van der Waals surface area contributed by atoms with E-state index < -0.39 is 0 Å². The Morgan fingerprint density at radius 3 is 2.44 bits per heavy atom. The number of nitrogens with two attached hydrogens (primary N) is 1. The second kappa shape index (κ2) is 8.34. The van der Waals surface area contributed by atoms with E-state index in [-0.39, 0.29) is 5.91 Å². The van der Waals surface area contributed by atoms with E-state index in [9.17, 15) is 4.79 Å². The minimum absolute atomic E-state index is 0.0831. The van der Waals surface area contributed by atoms with Crippen molar-refractivity contribution >= 4 is 39.9 Å². The SMILES string of the molecule is C=Cc1nc2ccc(-c3c(-c4ccc(C(=O)N5CCCC5)cc4)c4c(N)ncnc4n3C)cc2n1C. The van der Waals surface area contributed by atoms with Crippen molar-refractivity contribution in [2.24, 2.45) is 14.1 Å². The van der Waals surface area contributed by atoms with E-state index in [1.165, 1.54) is 6.33 Å². The van der Waals surface area contributed by atoms with Crippen LogP contribution in [0.3, 0.4) is 0 Å². The topological polar surface area (TPSA) is 94.9 Å². The third-order valence-corrected chi connectivity index (χ3v) is 7.18. The number of carbonyl (C=O) groups is 1. The van der Waals surface area contributed by atoms with Gasteiger partial charge in [0.25, 0.3) is 5.91 Å². The fourth-order valence-corrected chi connectivity index (χ4v) is 5.32. The maximum absolute atomic E-state index is 12.9. The van der Waals surface area contributed by atoms with Crippen molar-refractivity contribution in [2.75, 3.05) is 18.8 Å². The molecule has 5 aromatic rings. The molecule has 0 atom stereocenters. The minimum atomic E-state index is 0.0831. The van der Waals surface area contributed by atoms with Gasteiger partial charge >= 0.3 is 0 Å². The standard InChI is InChI=1S/C28H27N7O/c1-4-22-32-20-12-11-19(15-21(20)33(22)2)25-23(24-26(29)30-16-31-27(24)34(25)3)17-7-9-18(10-8-17)28(36)35-13-5-6-14-35/h4,7-12,15-16H,1,5-6,13-14H2,2-3H3,(H2,29,30,31). The highest BCUT2D eigenvalue weighted by Crippen LogP contribution is 2.42. The number of nitrogens with zero attached hydrogens (tertiary/aromatic N) is 6. The quantitative estimate of drug-likeness (QED) is 0.407. The number of aromatic nitrogens is 5. The molecular formula is C28H27N7O. The van der Waals surface area contributed by atoms with Crippen LogP contribution < -0.4 is 5.73 Å². The number of anilines is 1. The van der Waals surface area contributed by atoms with Gasteiger partial charge in [0.1, 0.15) is 23.6 Å². The second-order valence-corrected chi connectivity index (χ2v) is 9.25. The molecule has 2 N–H and O–H groups in total. The summed E-state index contributed by atoms with van der Waals surface area (Å²) >= 11 is 0. The number of nitrogen functional groups attached to an aromatic ring is 1. The van der Waals surface area contributed by atoms with E-state index in [0.29, 0.717) is 11.4 Å². The molecule has 8 heteroatoms. The average molecular weight is 478 g/mol. The summed E-state index contributed by atoms with van der Waals surface area (Å²) in [5, 5.41) is 0.797. The number of rotatable bonds is 4. The third kappa shape index (κ3) is 3.29. The highest BCUT2D eigenvalue weighted by molar-refractivity contribution is 6.08. The van der Waals surface area contributed by atoms with Crippen LogP contribution in [0.25, 0.3) is 50.5 Å². The molecule has 1 amide bonds. The van der Waals surface area contributed by atoms with E-state index in [1.54, 1.807) is 6.08 Å². The average Bonchev–Trinajstić information content (AvgIpc) is 3.62. The fourth-order valence-electron chi connectivity index (χ4n) is 5.32. The van der Waals surface area contributed by atoms with Gasteiger partial charge in [-0.3, -0.25) is 4.79 Å². The molecular weight excluding hydrogens is 450 g/mol. The Labute approximate surface area is 208 Å². The number of fused-ring (bicyclic) bond motifs is 2. The summed E-state index contributed by atoms with van der Waals surface area (Å²) in [5.74, 6) is 1.32. The summed E-state index contributed by atoms with van der Waals surface area (Å²) in [6.07, 6.45) is 5.38. The number of imidazole rings is 1. The smallest absolute Gasteiger partial charge is 0.253 e. The Morgan fingerprint density at radius 2 is 1.72 bits per heavy atom. The number of carbonyl (C=O) groups excluding carboxylic acids is 1. The van der Waals surface area contributed by atoms with Crippen LogP contribution in [0.15, 0.2) is 55.4 Å². The van der Waals surface area contributed by atoms with Gasteiger partial charge in [-0.15, -0.1) is 0 Å². The molecule has 8 nitrogen and oxygen atoms in total. The first-order valence-electron chi connectivity index (χ1n) is 12.1. The second-order valence-electron chi connectivity index (χ2n) is 9.25. The lowest BCUT2D eigenvalue weighted by Crippen LogP contribution is -2.27. The van der Waals surface area contributed by atoms with Gasteiger partial charge in [0.15, 0.2) is 0 Å². The molecule has 0 saturated carbocycles. The molecule has 180 valence electrons. The van der Waals surface area contributed by atoms with E-state index >= 15 is 0 Å². The van der Waals surface area contributed by atoms with Gasteiger partial charge in [0, 0.05) is 43.9 Å². The normalized spacial score (nSPS) is 13.7. The molecule has 1 saturated heterocycles. The van der Waals surface area contributed by atoms with Crippen molar-refractivity contribution < 1.29 is 4.79 Å². The van der Waals surface area contributed by atoms with Crippen molar-refractivity contribution in [3.05, 3.63) is 66.8 Å². The van der Waals surface area contributed by atoms with E-state index in [4.69, 9.17) is 5.73 Å². The maximum Gasteiger partial charge on any atom is 0.253 e. The molecule has 36 heavy (non-hydrogen) atoms. The molecule has 1 aliphatic heterocycles. The van der Waals surface area contributed by atoms with Crippen LogP contribution in [0.4, 0.5) is 5.82 Å². The first-order valence-corrected chi connectivity index (χ1v) is 12.1. The molecule has 0 unspecified atom stereocenters. The summed E-state index contributed by atoms with van der Waals surface area (Å²) < 4.78 is 4.08. The van der Waals surface area contributed by atoms with Crippen LogP contribution in [-0.2, 0) is 14.1 Å². The van der Waals surface area contributed by atoms with Gasteiger partial charge < -0.3 is 19.8 Å². The Kier molecular flexibility index (Phi) is 5.10. The molecule has 6 rings (SSSR count). The Morgan fingerprint density at radius 1 is 1.00 bits per heavy atom. The summed E-state index contributed by atoms with van der Waals surface area (Å²) in [6, 6.07) is 14.0. The van der Waals surface area contributed by atoms with Crippen LogP contribution in [0.5, 0.6) is 0 Å². The highest BCUT2D eigenvalue weighted by atomic mass is 16.2. The monoisotopic (exact) mass is 477 g/mol. The maximum atomic E-state index is 12.9. The summed E-state index contributed by atoms with van der Waals surface area (Å²) in [5.41, 5.74) is 13.6. The van der Waals surface area contributed by atoms with Crippen LogP contribution in [0.2, 0.25) is 0 Å². The van der Waals surface area contributed by atoms with Gasteiger partial charge in [0.05, 0.1) is 22.1 Å². The molecule has 4 heterocycles. The largest absolute Gasteiger partial charge is 0.383 e. The number of amides is 1. The van der Waals surface area contributed by atoms with Crippen molar-refractivity contribution in [1.82, 2.24) is 29.0 Å². The summed E-state index contributed by atoms with van der Waals surface area (Å²) in [4.78, 5) is 28.3. The first kappa shape index (κ1) is 22.0. The highest BCUT2D eigenvalue weighted by Gasteiger charge is 2.24. The Bertz CT molecular complexity index is 1650. The Hall–Kier alpha value is -4.46. The first-order chi connectivity index (χ1) is 17.5. The molecule has 0 aliphatic carbocycles. The number of aryl methyl sites for hydroxylation is 2. The zero-order valence-corrected chi connectivity index (χ0v) is 20.4. The number of benzene rings is 2. The molecule has 1 aliphatic rings. The molecule has 0 bridgehead atoms. The minimum Gasteiger partial charge on any atom is -0.383 e. The van der Waals surface area contributed by atoms with Crippen LogP contribution in [-0.4, -0.2) is 48.0 Å². The van der Waals surface area contributed by atoms with E-state index in [1.807, 2.05) is 53.9 Å². The number of hydrogen-bond acceptors (Lipinski definition) is 5. The van der Waals surface area contributed by atoms with Crippen molar-refractivity contribution in [3.63, 3.8) is 0 Å². The van der Waals surface area contributed by atoms with Crippen molar-refractivity contribution in [2.45, 2.75) is 12.8 Å². The zero-order valence-electron chi connectivity index (χ0n) is 20.4. The number of hydrogen-bond donors (Lipinski definition) is 1. The molecule has 3 aromatic heterocycles. The summed E-state index contributed by atoms with van der Waals surface area (Å²) in [7, 11) is 3.97. The van der Waals surface area contributed by atoms with Gasteiger partial charge in [-0.25, -0.2) is 15.0 Å². The predicted octanol–water partition coefficient (Wildman–Crippen LogP) is 4.65. The lowest BCUT2D eigenvalue weighted by atomic mass is 9.97. The summed E-state index contributed by atoms with van der Waals surface area (Å²) in [6.45, 7) is 5.53. The molecule has 1 fully saturated rings. The van der Waals surface area contributed by atoms with Crippen molar-refractivity contribution in [3.8, 4) is 22.4 Å². The lowest BCUT2D eigenvalue weighted by Gasteiger charge is -2.15. The fraction of sp³-hybridized carbons (Fsp3) is 0.214. The van der Waals surface area contributed by atoms with Gasteiger partial charge in [0.2, 0.25) is 0 Å². The molecule has 0 radical (unpaired) electrons. The van der Waals surface area contributed by atoms with Crippen LogP contribution in [0, 0.1) is 0 Å². The lowest BCUT2D eigenvalue weighted by molar-refractivity contribution is 0.0793. The predicted molar refractivity (Wildman–Crippen MR) is 143 cm³/mol. The Balaban J connectivity index is 1.55. The van der Waals surface area contributed by atoms with Gasteiger partial charge in [-0.2, -0.15) is 0 Å². The van der Waals surface area contributed by atoms with Crippen molar-refractivity contribution in [1.29, 1.82) is 0 Å². The van der Waals surface area contributed by atoms with Crippen LogP contribution >= 0.6 is 0 Å². The van der Waals surface area contributed by atoms with Gasteiger partial charge in [-0.1, -0.05) is 24.8 Å². The van der Waals surface area contributed by atoms with E-state index in [2.05, 4.69) is 38.2 Å². The number of likely N-dealkylation sites (tertiary alicyclic amines) is 1. The van der Waals surface area contributed by atoms with Crippen LogP contribution in [0.1, 0.15) is 29.0 Å². The molecule has 2 aromatic carbocycles. The third-order valence-electron chi connectivity index (χ3n) is 7.18. The van der Waals surface area contributed by atoms with Gasteiger partial charge in [-0.05, 0) is 48.7 Å².